The Morgan fingerprint density at radius 1 is 1.28 bits per heavy atom. The topological polar surface area (TPSA) is 56.0 Å². The number of aliphatic hydroxyl groups excluding tert-OH is 1. The molecule has 18 heavy (non-hydrogen) atoms. The Hall–Kier alpha value is -1.58. The number of hydrogen-bond acceptors (Lipinski definition) is 3. The summed E-state index contributed by atoms with van der Waals surface area (Å²) < 4.78 is 36.4. The summed E-state index contributed by atoms with van der Waals surface area (Å²) in [5, 5.41) is 20.1. The standard InChI is InChI=1S/C12H13F3N2O/c13-12(14,15)11(18)8-17-10(6-7-16)9-4-2-1-3-5-9/h1-5,10-11,17-18H,6,8H2. The van der Waals surface area contributed by atoms with Crippen molar-refractivity contribution in [1.82, 2.24) is 5.32 Å². The molecule has 0 spiro atoms. The van der Waals surface area contributed by atoms with Gasteiger partial charge >= 0.3 is 6.18 Å². The summed E-state index contributed by atoms with van der Waals surface area (Å²) in [5.74, 6) is 0. The summed E-state index contributed by atoms with van der Waals surface area (Å²) >= 11 is 0. The number of halogens is 3. The maximum absolute atomic E-state index is 12.1. The van der Waals surface area contributed by atoms with Crippen LogP contribution in [0.25, 0.3) is 0 Å². The summed E-state index contributed by atoms with van der Waals surface area (Å²) in [6, 6.07) is 10.1. The summed E-state index contributed by atoms with van der Waals surface area (Å²) in [5.41, 5.74) is 0.716. The highest BCUT2D eigenvalue weighted by molar-refractivity contribution is 5.19. The molecule has 98 valence electrons. The van der Waals surface area contributed by atoms with E-state index in [1.807, 2.05) is 6.07 Å². The van der Waals surface area contributed by atoms with E-state index in [0.29, 0.717) is 5.56 Å². The summed E-state index contributed by atoms with van der Waals surface area (Å²) in [6.07, 6.45) is -7.04. The Labute approximate surface area is 103 Å². The zero-order chi connectivity index (χ0) is 13.6. The molecule has 3 nitrogen and oxygen atoms in total. The monoisotopic (exact) mass is 258 g/mol. The van der Waals surface area contributed by atoms with Gasteiger partial charge in [-0.2, -0.15) is 18.4 Å². The van der Waals surface area contributed by atoms with Gasteiger partial charge in [-0.1, -0.05) is 30.3 Å². The van der Waals surface area contributed by atoms with Crippen LogP contribution in [0, 0.1) is 11.3 Å². The number of benzene rings is 1. The van der Waals surface area contributed by atoms with E-state index < -0.39 is 24.9 Å². The minimum atomic E-state index is -4.65. The van der Waals surface area contributed by atoms with Gasteiger partial charge in [0.05, 0.1) is 12.5 Å². The molecular formula is C12H13F3N2O. The first-order valence-corrected chi connectivity index (χ1v) is 5.35. The lowest BCUT2D eigenvalue weighted by Crippen LogP contribution is -2.39. The molecule has 0 radical (unpaired) electrons. The first-order valence-electron chi connectivity index (χ1n) is 5.35. The Morgan fingerprint density at radius 3 is 2.39 bits per heavy atom. The van der Waals surface area contributed by atoms with Crippen LogP contribution in [0.2, 0.25) is 0 Å². The fourth-order valence-electron chi connectivity index (χ4n) is 1.45. The molecule has 2 N–H and O–H groups in total. The van der Waals surface area contributed by atoms with Crippen molar-refractivity contribution in [2.24, 2.45) is 0 Å². The van der Waals surface area contributed by atoms with Gasteiger partial charge in [0.15, 0.2) is 6.10 Å². The van der Waals surface area contributed by atoms with Gasteiger partial charge < -0.3 is 10.4 Å². The highest BCUT2D eigenvalue weighted by Gasteiger charge is 2.38. The molecule has 0 amide bonds. The molecule has 0 saturated heterocycles. The van der Waals surface area contributed by atoms with Gasteiger partial charge in [0.1, 0.15) is 0 Å². The van der Waals surface area contributed by atoms with E-state index >= 15 is 0 Å². The van der Waals surface area contributed by atoms with E-state index in [4.69, 9.17) is 10.4 Å². The van der Waals surface area contributed by atoms with Crippen LogP contribution in [0.1, 0.15) is 18.0 Å². The molecular weight excluding hydrogens is 245 g/mol. The second kappa shape index (κ2) is 6.38. The number of nitrogens with one attached hydrogen (secondary N) is 1. The molecule has 0 heterocycles. The van der Waals surface area contributed by atoms with Crippen LogP contribution in [0.4, 0.5) is 13.2 Å². The minimum absolute atomic E-state index is 0.0363. The Kier molecular flexibility index (Phi) is 5.13. The summed E-state index contributed by atoms with van der Waals surface area (Å²) in [4.78, 5) is 0. The predicted octanol–water partition coefficient (Wildman–Crippen LogP) is 2.15. The molecule has 0 aromatic heterocycles. The van der Waals surface area contributed by atoms with Gasteiger partial charge in [0.25, 0.3) is 0 Å². The predicted molar refractivity (Wildman–Crippen MR) is 59.5 cm³/mol. The second-order valence-corrected chi connectivity index (χ2v) is 3.79. The number of alkyl halides is 3. The maximum atomic E-state index is 12.1. The molecule has 0 aliphatic carbocycles. The smallest absolute Gasteiger partial charge is 0.382 e. The third-order valence-corrected chi connectivity index (χ3v) is 2.43. The van der Waals surface area contributed by atoms with Gasteiger partial charge in [-0.25, -0.2) is 0 Å². The third-order valence-electron chi connectivity index (χ3n) is 2.43. The van der Waals surface area contributed by atoms with Crippen molar-refractivity contribution in [3.8, 4) is 6.07 Å². The van der Waals surface area contributed by atoms with Crippen LogP contribution >= 0.6 is 0 Å². The second-order valence-electron chi connectivity index (χ2n) is 3.79. The summed E-state index contributed by atoms with van der Waals surface area (Å²) in [7, 11) is 0. The first kappa shape index (κ1) is 14.5. The fourth-order valence-corrected chi connectivity index (χ4v) is 1.45. The highest BCUT2D eigenvalue weighted by Crippen LogP contribution is 2.21. The first-order chi connectivity index (χ1) is 8.45. The molecule has 0 fully saturated rings. The van der Waals surface area contributed by atoms with E-state index in [1.165, 1.54) is 0 Å². The highest BCUT2D eigenvalue weighted by atomic mass is 19.4. The van der Waals surface area contributed by atoms with Gasteiger partial charge in [-0.3, -0.25) is 0 Å². The molecule has 0 aliphatic rings. The number of rotatable bonds is 5. The molecule has 2 unspecified atom stereocenters. The summed E-state index contributed by atoms with van der Waals surface area (Å²) in [6.45, 7) is -0.634. The van der Waals surface area contributed by atoms with Crippen LogP contribution in [0.3, 0.4) is 0 Å². The number of nitrogens with zero attached hydrogens (tertiary/aromatic N) is 1. The molecule has 1 rings (SSSR count). The Morgan fingerprint density at radius 2 is 1.89 bits per heavy atom. The van der Waals surface area contributed by atoms with E-state index in [2.05, 4.69) is 5.32 Å². The molecule has 0 bridgehead atoms. The lowest BCUT2D eigenvalue weighted by molar-refractivity contribution is -0.202. The van der Waals surface area contributed by atoms with E-state index in [9.17, 15) is 13.2 Å². The molecule has 0 saturated carbocycles. The number of nitriles is 1. The average Bonchev–Trinajstić information content (AvgIpc) is 2.34. The SMILES string of the molecule is N#CCC(NCC(O)C(F)(F)F)c1ccccc1. The maximum Gasteiger partial charge on any atom is 0.415 e. The van der Waals surface area contributed by atoms with E-state index in [-0.39, 0.29) is 6.42 Å². The zero-order valence-corrected chi connectivity index (χ0v) is 9.48. The number of hydrogen-bond donors (Lipinski definition) is 2. The Balaban J connectivity index is 2.63. The third kappa shape index (κ3) is 4.35. The largest absolute Gasteiger partial charge is 0.415 e. The fraction of sp³-hybridized carbons (Fsp3) is 0.417. The van der Waals surface area contributed by atoms with E-state index in [1.54, 1.807) is 30.3 Å². The van der Waals surface area contributed by atoms with Gasteiger partial charge in [0.2, 0.25) is 0 Å². The molecule has 6 heteroatoms. The quantitative estimate of drug-likeness (QED) is 0.850. The van der Waals surface area contributed by atoms with Crippen molar-refractivity contribution >= 4 is 0 Å². The van der Waals surface area contributed by atoms with Crippen molar-refractivity contribution in [3.05, 3.63) is 35.9 Å². The van der Waals surface area contributed by atoms with Gasteiger partial charge in [-0.15, -0.1) is 0 Å². The van der Waals surface area contributed by atoms with Crippen molar-refractivity contribution in [2.75, 3.05) is 6.54 Å². The van der Waals surface area contributed by atoms with Crippen LogP contribution in [-0.2, 0) is 0 Å². The zero-order valence-electron chi connectivity index (χ0n) is 9.48. The van der Waals surface area contributed by atoms with E-state index in [0.717, 1.165) is 0 Å². The molecule has 1 aromatic carbocycles. The van der Waals surface area contributed by atoms with Crippen LogP contribution in [0.5, 0.6) is 0 Å². The van der Waals surface area contributed by atoms with Crippen LogP contribution in [0.15, 0.2) is 30.3 Å². The van der Waals surface area contributed by atoms with Gasteiger partial charge in [0, 0.05) is 12.6 Å². The Bertz CT molecular complexity index is 400. The van der Waals surface area contributed by atoms with Gasteiger partial charge in [-0.05, 0) is 5.56 Å². The average molecular weight is 258 g/mol. The van der Waals surface area contributed by atoms with Crippen LogP contribution in [-0.4, -0.2) is 23.9 Å². The van der Waals surface area contributed by atoms with Crippen LogP contribution < -0.4 is 5.32 Å². The van der Waals surface area contributed by atoms with Crippen molar-refractivity contribution in [2.45, 2.75) is 24.7 Å². The molecule has 2 atom stereocenters. The lowest BCUT2D eigenvalue weighted by Gasteiger charge is -2.20. The van der Waals surface area contributed by atoms with Crippen molar-refractivity contribution in [1.29, 1.82) is 5.26 Å². The number of aliphatic hydroxyl groups is 1. The minimum Gasteiger partial charge on any atom is -0.382 e. The normalized spacial score (nSPS) is 14.8. The van der Waals surface area contributed by atoms with Crippen molar-refractivity contribution < 1.29 is 18.3 Å². The van der Waals surface area contributed by atoms with Crippen molar-refractivity contribution in [3.63, 3.8) is 0 Å². The molecule has 0 aliphatic heterocycles. The molecule has 1 aromatic rings. The lowest BCUT2D eigenvalue weighted by atomic mass is 10.0.